The highest BCUT2D eigenvalue weighted by Crippen LogP contribution is 2.33. The van der Waals surface area contributed by atoms with Gasteiger partial charge in [-0.1, -0.05) is 0 Å². The Morgan fingerprint density at radius 1 is 1.05 bits per heavy atom. The molecular weight excluding hydrogens is 476 g/mol. The fraction of sp³-hybridized carbons (Fsp3) is 0.370. The third-order valence-corrected chi connectivity index (χ3v) is 6.60. The van der Waals surface area contributed by atoms with Crippen LogP contribution in [0.25, 0.3) is 0 Å². The van der Waals surface area contributed by atoms with Crippen LogP contribution in [0.4, 0.5) is 0 Å². The second-order valence-electron chi connectivity index (χ2n) is 8.91. The molecule has 3 aromatic rings. The summed E-state index contributed by atoms with van der Waals surface area (Å²) in [4.78, 5) is 30.6. The molecule has 0 N–H and O–H groups in total. The second kappa shape index (κ2) is 11.4. The number of methoxy groups -OCH3 is 1. The van der Waals surface area contributed by atoms with Gasteiger partial charge < -0.3 is 23.2 Å². The molecule has 2 aliphatic rings. The Morgan fingerprint density at radius 3 is 2.49 bits per heavy atom. The summed E-state index contributed by atoms with van der Waals surface area (Å²) in [7, 11) is 1.62. The Morgan fingerprint density at radius 2 is 1.81 bits per heavy atom. The molecular formula is C27H30N4O6. The SMILES string of the molecule is COc1ccc(C2=NN(C(=O)CN(CCN3CCOCC3)C(=O)c3ccco3)C(c3ccco3)C2)cc1. The zero-order valence-corrected chi connectivity index (χ0v) is 20.7. The van der Waals surface area contributed by atoms with Crippen molar-refractivity contribution in [3.63, 3.8) is 0 Å². The lowest BCUT2D eigenvalue weighted by atomic mass is 10.0. The molecule has 1 aromatic carbocycles. The van der Waals surface area contributed by atoms with Gasteiger partial charge in [-0.3, -0.25) is 14.5 Å². The van der Waals surface area contributed by atoms with Crippen molar-refractivity contribution in [3.8, 4) is 5.75 Å². The van der Waals surface area contributed by atoms with Gasteiger partial charge in [0.1, 0.15) is 24.1 Å². The molecule has 10 heteroatoms. The van der Waals surface area contributed by atoms with Gasteiger partial charge in [-0.2, -0.15) is 5.10 Å². The van der Waals surface area contributed by atoms with E-state index in [4.69, 9.17) is 18.3 Å². The van der Waals surface area contributed by atoms with Gasteiger partial charge in [0.2, 0.25) is 0 Å². The highest BCUT2D eigenvalue weighted by Gasteiger charge is 2.36. The first-order chi connectivity index (χ1) is 18.1. The molecule has 1 atom stereocenters. The number of ether oxygens (including phenoxy) is 2. The molecule has 2 amide bonds. The number of carbonyl (C=O) groups excluding carboxylic acids is 2. The van der Waals surface area contributed by atoms with Crippen molar-refractivity contribution < 1.29 is 27.9 Å². The Hall–Kier alpha value is -3.89. The van der Waals surface area contributed by atoms with E-state index >= 15 is 0 Å². The third kappa shape index (κ3) is 5.76. The van der Waals surface area contributed by atoms with Gasteiger partial charge in [-0.15, -0.1) is 0 Å². The number of amides is 2. The van der Waals surface area contributed by atoms with Gasteiger partial charge in [-0.25, -0.2) is 5.01 Å². The molecule has 5 rings (SSSR count). The predicted octanol–water partition coefficient (Wildman–Crippen LogP) is 3.03. The lowest BCUT2D eigenvalue weighted by molar-refractivity contribution is -0.134. The van der Waals surface area contributed by atoms with Gasteiger partial charge in [-0.05, 0) is 54.1 Å². The smallest absolute Gasteiger partial charge is 0.290 e. The lowest BCUT2D eigenvalue weighted by Crippen LogP contribution is -2.46. The van der Waals surface area contributed by atoms with Crippen LogP contribution in [0.3, 0.4) is 0 Å². The third-order valence-electron chi connectivity index (χ3n) is 6.60. The number of nitrogens with zero attached hydrogens (tertiary/aromatic N) is 4. The predicted molar refractivity (Wildman–Crippen MR) is 134 cm³/mol. The average Bonchev–Trinajstić information content (AvgIpc) is 3.73. The van der Waals surface area contributed by atoms with Crippen LogP contribution in [0.5, 0.6) is 5.75 Å². The molecule has 2 aromatic heterocycles. The minimum atomic E-state index is -0.403. The first-order valence-corrected chi connectivity index (χ1v) is 12.3. The molecule has 1 unspecified atom stereocenters. The molecule has 0 saturated carbocycles. The number of benzene rings is 1. The average molecular weight is 507 g/mol. The van der Waals surface area contributed by atoms with Crippen molar-refractivity contribution in [2.45, 2.75) is 12.5 Å². The lowest BCUT2D eigenvalue weighted by Gasteiger charge is -2.30. The molecule has 37 heavy (non-hydrogen) atoms. The fourth-order valence-electron chi connectivity index (χ4n) is 4.53. The van der Waals surface area contributed by atoms with Gasteiger partial charge >= 0.3 is 0 Å². The summed E-state index contributed by atoms with van der Waals surface area (Å²) in [6.45, 7) is 3.77. The van der Waals surface area contributed by atoms with Crippen molar-refractivity contribution in [3.05, 3.63) is 78.1 Å². The highest BCUT2D eigenvalue weighted by molar-refractivity contribution is 6.03. The highest BCUT2D eigenvalue weighted by atomic mass is 16.5. The number of hydrogen-bond acceptors (Lipinski definition) is 8. The maximum atomic E-state index is 13.7. The first-order valence-electron chi connectivity index (χ1n) is 12.3. The van der Waals surface area contributed by atoms with E-state index in [1.165, 1.54) is 16.2 Å². The number of hydrazone groups is 1. The summed E-state index contributed by atoms with van der Waals surface area (Å²) in [6, 6.07) is 14.0. The van der Waals surface area contributed by atoms with E-state index in [-0.39, 0.29) is 24.1 Å². The van der Waals surface area contributed by atoms with Crippen molar-refractivity contribution >= 4 is 17.5 Å². The Labute approximate surface area is 215 Å². The molecule has 4 heterocycles. The van der Waals surface area contributed by atoms with E-state index in [0.717, 1.165) is 30.1 Å². The monoisotopic (exact) mass is 506 g/mol. The molecule has 0 aliphatic carbocycles. The summed E-state index contributed by atoms with van der Waals surface area (Å²) in [5, 5.41) is 6.13. The Bertz CT molecular complexity index is 1200. The molecule has 0 radical (unpaired) electrons. The zero-order chi connectivity index (χ0) is 25.6. The summed E-state index contributed by atoms with van der Waals surface area (Å²) in [5.41, 5.74) is 1.65. The molecule has 0 bridgehead atoms. The van der Waals surface area contributed by atoms with Crippen LogP contribution in [0, 0.1) is 0 Å². The van der Waals surface area contributed by atoms with Crippen LogP contribution in [-0.4, -0.2) is 85.4 Å². The van der Waals surface area contributed by atoms with Crippen LogP contribution >= 0.6 is 0 Å². The van der Waals surface area contributed by atoms with E-state index in [2.05, 4.69) is 10.0 Å². The van der Waals surface area contributed by atoms with Crippen molar-refractivity contribution in [2.75, 3.05) is 53.0 Å². The van der Waals surface area contributed by atoms with E-state index in [1.54, 1.807) is 31.6 Å². The van der Waals surface area contributed by atoms with Crippen LogP contribution in [0.2, 0.25) is 0 Å². The largest absolute Gasteiger partial charge is 0.497 e. The Kier molecular flexibility index (Phi) is 7.67. The van der Waals surface area contributed by atoms with Crippen molar-refractivity contribution in [1.29, 1.82) is 0 Å². The number of morpholine rings is 1. The number of furan rings is 2. The molecule has 194 valence electrons. The van der Waals surface area contributed by atoms with E-state index in [1.807, 2.05) is 30.3 Å². The molecule has 1 fully saturated rings. The quantitative estimate of drug-likeness (QED) is 0.440. The van der Waals surface area contributed by atoms with Gasteiger partial charge in [0.05, 0.1) is 38.6 Å². The van der Waals surface area contributed by atoms with Crippen LogP contribution in [0.1, 0.15) is 34.3 Å². The van der Waals surface area contributed by atoms with Crippen molar-refractivity contribution in [2.24, 2.45) is 5.10 Å². The van der Waals surface area contributed by atoms with Crippen LogP contribution in [0.15, 0.2) is 75.0 Å². The second-order valence-corrected chi connectivity index (χ2v) is 8.91. The first kappa shape index (κ1) is 24.8. The number of rotatable bonds is 9. The van der Waals surface area contributed by atoms with E-state index in [0.29, 0.717) is 38.5 Å². The zero-order valence-electron chi connectivity index (χ0n) is 20.7. The van der Waals surface area contributed by atoms with Gasteiger partial charge in [0.25, 0.3) is 11.8 Å². The standard InChI is InChI=1S/C27H30N4O6/c1-34-21-8-6-20(7-9-21)22-18-23(24-4-2-14-36-24)31(28-22)26(32)19-30(27(33)25-5-3-15-37-25)11-10-29-12-16-35-17-13-29/h2-9,14-15,23H,10-13,16-19H2,1H3. The number of hydrogen-bond donors (Lipinski definition) is 0. The van der Waals surface area contributed by atoms with E-state index in [9.17, 15) is 9.59 Å². The fourth-order valence-corrected chi connectivity index (χ4v) is 4.53. The van der Waals surface area contributed by atoms with Crippen LogP contribution < -0.4 is 4.74 Å². The normalized spacial score (nSPS) is 18.0. The van der Waals surface area contributed by atoms with E-state index < -0.39 is 6.04 Å². The maximum absolute atomic E-state index is 13.7. The summed E-state index contributed by atoms with van der Waals surface area (Å²) in [6.07, 6.45) is 3.53. The topological polar surface area (TPSA) is 101 Å². The minimum Gasteiger partial charge on any atom is -0.497 e. The summed E-state index contributed by atoms with van der Waals surface area (Å²) < 4.78 is 21.7. The van der Waals surface area contributed by atoms with Gasteiger partial charge in [0, 0.05) is 32.6 Å². The molecule has 1 saturated heterocycles. The number of carbonyl (C=O) groups is 2. The van der Waals surface area contributed by atoms with Crippen LogP contribution in [-0.2, 0) is 9.53 Å². The summed E-state index contributed by atoms with van der Waals surface area (Å²) >= 11 is 0. The summed E-state index contributed by atoms with van der Waals surface area (Å²) in [5.74, 6) is 0.941. The molecule has 0 spiro atoms. The van der Waals surface area contributed by atoms with Crippen molar-refractivity contribution in [1.82, 2.24) is 14.8 Å². The Balaban J connectivity index is 1.36. The molecule has 2 aliphatic heterocycles. The van der Waals surface area contributed by atoms with Gasteiger partial charge in [0.15, 0.2) is 5.76 Å². The molecule has 10 nitrogen and oxygen atoms in total. The minimum absolute atomic E-state index is 0.138. The maximum Gasteiger partial charge on any atom is 0.290 e.